The minimum atomic E-state index is -0.417. The first-order valence-electron chi connectivity index (χ1n) is 19.3. The van der Waals surface area contributed by atoms with Crippen molar-refractivity contribution in [2.45, 2.75) is 45.8 Å². The zero-order valence-corrected chi connectivity index (χ0v) is 33.1. The molecule has 2 aliphatic rings. The van der Waals surface area contributed by atoms with Gasteiger partial charge in [0.05, 0.1) is 88.1 Å². The normalized spacial score (nSPS) is 16.3. The molecule has 4 aromatic rings. The molecule has 19 nitrogen and oxygen atoms in total. The maximum atomic E-state index is 12.4. The van der Waals surface area contributed by atoms with E-state index in [9.17, 15) is 9.59 Å². The molecule has 4 aromatic heterocycles. The van der Waals surface area contributed by atoms with Crippen molar-refractivity contribution in [1.82, 2.24) is 29.9 Å². The lowest BCUT2D eigenvalue weighted by atomic mass is 10.0. The van der Waals surface area contributed by atoms with Gasteiger partial charge in [0.15, 0.2) is 0 Å². The van der Waals surface area contributed by atoms with Crippen molar-refractivity contribution in [3.05, 3.63) is 72.6 Å². The molecule has 6 rings (SSSR count). The molecule has 0 radical (unpaired) electrons. The van der Waals surface area contributed by atoms with Crippen LogP contribution in [-0.2, 0) is 23.7 Å². The Morgan fingerprint density at radius 2 is 1.17 bits per heavy atom. The Kier molecular flexibility index (Phi) is 15.1. The predicted octanol–water partition coefficient (Wildman–Crippen LogP) is 4.85. The number of hydrogen-bond donors (Lipinski definition) is 2. The van der Waals surface area contributed by atoms with Crippen molar-refractivity contribution in [3.8, 4) is 11.5 Å². The first-order chi connectivity index (χ1) is 28.2. The topological polar surface area (TPSA) is 207 Å². The van der Waals surface area contributed by atoms with Crippen LogP contribution in [0.3, 0.4) is 0 Å². The monoisotopic (exact) mass is 802 g/mol. The number of pyridine rings is 2. The molecule has 6 heterocycles. The lowest BCUT2D eigenvalue weighted by molar-refractivity contribution is 0.00496. The van der Waals surface area contributed by atoms with E-state index in [1.807, 2.05) is 52.0 Å². The highest BCUT2D eigenvalue weighted by atomic mass is 16.6. The first kappa shape index (κ1) is 41.7. The Labute approximate surface area is 336 Å². The quantitative estimate of drug-likeness (QED) is 0.0962. The third kappa shape index (κ3) is 11.8. The Bertz CT molecular complexity index is 1910. The van der Waals surface area contributed by atoms with Gasteiger partial charge in [-0.1, -0.05) is 13.8 Å². The third-order valence-electron chi connectivity index (χ3n) is 9.08. The lowest BCUT2D eigenvalue weighted by Gasteiger charge is -2.23. The van der Waals surface area contributed by atoms with Gasteiger partial charge in [0.2, 0.25) is 11.9 Å². The summed E-state index contributed by atoms with van der Waals surface area (Å²) in [6.45, 7) is 12.4. The Morgan fingerprint density at radius 3 is 1.66 bits per heavy atom. The number of hydrogen-bond acceptors (Lipinski definition) is 17. The van der Waals surface area contributed by atoms with Gasteiger partial charge in [-0.05, 0) is 56.2 Å². The number of aromatic nitrogens is 6. The molecule has 0 saturated carbocycles. The number of ether oxygens (including phenoxy) is 7. The molecule has 0 aromatic carbocycles. The molecule has 0 bridgehead atoms. The number of cyclic esters (lactones) is 2. The second kappa shape index (κ2) is 21.0. The van der Waals surface area contributed by atoms with E-state index < -0.39 is 12.2 Å². The number of carbonyl (C=O) groups is 2. The molecule has 2 saturated heterocycles. The molecule has 3 atom stereocenters. The highest BCUT2D eigenvalue weighted by molar-refractivity contribution is 5.89. The second-order valence-corrected chi connectivity index (χ2v) is 13.6. The SMILES string of the molecule is CC(Nc1nccc(N2C(=O)OCC2C(C)C)n1)c1ccc(OCCOCCOCCOCCOc2ccc([C@H](C)Nc3nccc(N4CCOC4=O)n3)nc2)cn1. The average Bonchev–Trinajstić information content (AvgIpc) is 3.85. The molecule has 2 amide bonds. The van der Waals surface area contributed by atoms with Crippen molar-refractivity contribution < 1.29 is 42.7 Å². The molecule has 310 valence electrons. The van der Waals surface area contributed by atoms with Crippen LogP contribution in [0.5, 0.6) is 11.5 Å². The van der Waals surface area contributed by atoms with Crippen LogP contribution in [0.15, 0.2) is 61.2 Å². The van der Waals surface area contributed by atoms with Crippen molar-refractivity contribution in [1.29, 1.82) is 0 Å². The van der Waals surface area contributed by atoms with Crippen LogP contribution in [0.4, 0.5) is 33.1 Å². The lowest BCUT2D eigenvalue weighted by Crippen LogP contribution is -2.37. The average molecular weight is 803 g/mol. The zero-order chi connectivity index (χ0) is 40.7. The third-order valence-corrected chi connectivity index (χ3v) is 9.08. The van der Waals surface area contributed by atoms with Crippen LogP contribution in [0.25, 0.3) is 0 Å². The fourth-order valence-corrected chi connectivity index (χ4v) is 5.89. The van der Waals surface area contributed by atoms with Crippen LogP contribution in [0, 0.1) is 5.92 Å². The molecule has 2 aliphatic heterocycles. The Morgan fingerprint density at radius 1 is 0.655 bits per heavy atom. The fraction of sp³-hybridized carbons (Fsp3) is 0.487. The molecule has 0 spiro atoms. The molecule has 2 fully saturated rings. The minimum absolute atomic E-state index is 0.0822. The summed E-state index contributed by atoms with van der Waals surface area (Å²) in [7, 11) is 0. The number of nitrogens with one attached hydrogen (secondary N) is 2. The van der Waals surface area contributed by atoms with E-state index >= 15 is 0 Å². The molecule has 2 unspecified atom stereocenters. The molecule has 58 heavy (non-hydrogen) atoms. The number of rotatable bonds is 23. The van der Waals surface area contributed by atoms with E-state index in [1.54, 1.807) is 41.8 Å². The Balaban J connectivity index is 0.770. The summed E-state index contributed by atoms with van der Waals surface area (Å²) in [6.07, 6.45) is 5.71. The fourth-order valence-electron chi connectivity index (χ4n) is 5.89. The van der Waals surface area contributed by atoms with Gasteiger partial charge in [-0.25, -0.2) is 19.6 Å². The first-order valence-corrected chi connectivity index (χ1v) is 19.3. The summed E-state index contributed by atoms with van der Waals surface area (Å²) in [5, 5.41) is 6.46. The smallest absolute Gasteiger partial charge is 0.415 e. The summed E-state index contributed by atoms with van der Waals surface area (Å²) < 4.78 is 38.5. The largest absolute Gasteiger partial charge is 0.490 e. The zero-order valence-electron chi connectivity index (χ0n) is 33.1. The maximum Gasteiger partial charge on any atom is 0.415 e. The van der Waals surface area contributed by atoms with Crippen molar-refractivity contribution in [2.75, 3.05) is 93.0 Å². The van der Waals surface area contributed by atoms with Gasteiger partial charge in [-0.2, -0.15) is 9.97 Å². The van der Waals surface area contributed by atoms with Gasteiger partial charge in [0, 0.05) is 12.4 Å². The number of anilines is 4. The predicted molar refractivity (Wildman–Crippen MR) is 211 cm³/mol. The van der Waals surface area contributed by atoms with E-state index in [2.05, 4.69) is 40.5 Å². The maximum absolute atomic E-state index is 12.4. The van der Waals surface area contributed by atoms with Gasteiger partial charge in [-0.15, -0.1) is 0 Å². The van der Waals surface area contributed by atoms with Gasteiger partial charge < -0.3 is 43.8 Å². The van der Waals surface area contributed by atoms with Crippen LogP contribution in [-0.4, -0.2) is 121 Å². The summed E-state index contributed by atoms with van der Waals surface area (Å²) in [4.78, 5) is 53.8. The van der Waals surface area contributed by atoms with E-state index in [0.717, 1.165) is 11.4 Å². The van der Waals surface area contributed by atoms with Gasteiger partial charge in [0.25, 0.3) is 0 Å². The molecular weight excluding hydrogens is 752 g/mol. The van der Waals surface area contributed by atoms with Crippen LogP contribution < -0.4 is 29.9 Å². The van der Waals surface area contributed by atoms with E-state index in [-0.39, 0.29) is 24.0 Å². The number of nitrogens with zero attached hydrogens (tertiary/aromatic N) is 8. The Hall–Kier alpha value is -5.92. The van der Waals surface area contributed by atoms with E-state index in [0.29, 0.717) is 108 Å². The summed E-state index contributed by atoms with van der Waals surface area (Å²) in [5.74, 6) is 3.21. The van der Waals surface area contributed by atoms with Gasteiger partial charge in [0.1, 0.15) is 49.6 Å². The standard InChI is InChI=1S/C39H50N10O9/c1-26(2)33-25-58-39(51)49(33)35-10-12-41-37(47-35)45-28(4)32-8-6-30(24-43-32)56-22-20-54-18-16-52-15-17-53-19-21-55-29-5-7-31(42-23-29)27(3)44-36-40-11-9-34(46-36)48-13-14-57-38(48)50/h5-12,23-24,26-28,33H,13-22,25H2,1-4H3,(H,40,44,46)(H,41,45,47)/t27-,28?,33?/m0/s1. The van der Waals surface area contributed by atoms with Crippen molar-refractivity contribution >= 4 is 35.7 Å². The molecule has 0 aliphatic carbocycles. The summed E-state index contributed by atoms with van der Waals surface area (Å²) >= 11 is 0. The number of amides is 2. The number of carbonyl (C=O) groups excluding carboxylic acids is 2. The van der Waals surface area contributed by atoms with Gasteiger partial charge >= 0.3 is 12.2 Å². The summed E-state index contributed by atoms with van der Waals surface area (Å²) in [5.41, 5.74) is 1.55. The van der Waals surface area contributed by atoms with Crippen LogP contribution >= 0.6 is 0 Å². The highest BCUT2D eigenvalue weighted by Crippen LogP contribution is 2.27. The van der Waals surface area contributed by atoms with Crippen LogP contribution in [0.2, 0.25) is 0 Å². The van der Waals surface area contributed by atoms with Crippen molar-refractivity contribution in [2.24, 2.45) is 5.92 Å². The van der Waals surface area contributed by atoms with E-state index in [1.165, 1.54) is 4.90 Å². The highest BCUT2D eigenvalue weighted by Gasteiger charge is 2.37. The molecule has 2 N–H and O–H groups in total. The minimum Gasteiger partial charge on any atom is -0.490 e. The van der Waals surface area contributed by atoms with Crippen molar-refractivity contribution in [3.63, 3.8) is 0 Å². The van der Waals surface area contributed by atoms with Crippen LogP contribution in [0.1, 0.15) is 51.2 Å². The molecule has 19 heteroatoms. The van der Waals surface area contributed by atoms with E-state index in [4.69, 9.17) is 33.2 Å². The summed E-state index contributed by atoms with van der Waals surface area (Å²) in [6, 6.07) is 10.3. The second-order valence-electron chi connectivity index (χ2n) is 13.6. The molecular formula is C39H50N10O9. The van der Waals surface area contributed by atoms with Gasteiger partial charge in [-0.3, -0.25) is 19.8 Å².